The number of urea groups is 1. The molecule has 2 fully saturated rings. The van der Waals surface area contributed by atoms with Crippen LogP contribution in [0.1, 0.15) is 55.3 Å². The van der Waals surface area contributed by atoms with E-state index < -0.39 is 24.1 Å². The molecular weight excluding hydrogens is 479 g/mol. The maximum absolute atomic E-state index is 13.6. The molecule has 1 aliphatic carbocycles. The van der Waals surface area contributed by atoms with Gasteiger partial charge in [0.1, 0.15) is 12.4 Å². The average Bonchev–Trinajstić information content (AvgIpc) is 3.55. The van der Waals surface area contributed by atoms with Gasteiger partial charge in [0.15, 0.2) is 0 Å². The Balaban J connectivity index is 1.36. The Bertz CT molecular complexity index is 1270. The van der Waals surface area contributed by atoms with Crippen LogP contribution in [0, 0.1) is 5.82 Å². The van der Waals surface area contributed by atoms with E-state index >= 15 is 0 Å². The first-order valence-electron chi connectivity index (χ1n) is 12.5. The molecule has 2 aliphatic heterocycles. The molecule has 194 valence electrons. The van der Waals surface area contributed by atoms with Crippen molar-refractivity contribution in [3.8, 4) is 0 Å². The standard InChI is InChI=1S/C27H29FN4O5/c1-3-20-9-11-22(16-4-6-18(28)7-5-16)32(20)23(33)15-31-24(34)27(37-26(31)36)13-12-17-14-19(8-10-21(17)27)30-25(35)29-2/h4-8,10,14,20,22H,3,9,11-13,15H2,1-2H3,(H2,29,30,35)/t20-,22-,27?/m1/s1. The number of nitrogens with one attached hydrogen (secondary N) is 2. The van der Waals surface area contributed by atoms with Crippen molar-refractivity contribution < 1.29 is 28.3 Å². The van der Waals surface area contributed by atoms with Gasteiger partial charge in [-0.05, 0) is 61.1 Å². The van der Waals surface area contributed by atoms with Gasteiger partial charge in [-0.25, -0.2) is 18.9 Å². The molecule has 2 aromatic rings. The predicted octanol–water partition coefficient (Wildman–Crippen LogP) is 3.84. The molecule has 0 saturated carbocycles. The Morgan fingerprint density at radius 1 is 1.14 bits per heavy atom. The summed E-state index contributed by atoms with van der Waals surface area (Å²) in [5, 5.41) is 5.17. The van der Waals surface area contributed by atoms with E-state index in [1.807, 2.05) is 6.92 Å². The molecule has 2 aromatic carbocycles. The number of likely N-dealkylation sites (tertiary alicyclic amines) is 1. The van der Waals surface area contributed by atoms with Crippen LogP contribution >= 0.6 is 0 Å². The number of benzene rings is 2. The number of carbonyl (C=O) groups excluding carboxylic acids is 4. The van der Waals surface area contributed by atoms with Gasteiger partial charge in [-0.15, -0.1) is 0 Å². The monoisotopic (exact) mass is 508 g/mol. The van der Waals surface area contributed by atoms with Gasteiger partial charge in [-0.3, -0.25) is 9.59 Å². The Morgan fingerprint density at radius 2 is 1.89 bits per heavy atom. The molecule has 2 saturated heterocycles. The maximum atomic E-state index is 13.6. The van der Waals surface area contributed by atoms with Crippen LogP contribution in [-0.4, -0.2) is 53.4 Å². The lowest BCUT2D eigenvalue weighted by molar-refractivity contribution is -0.143. The second kappa shape index (κ2) is 9.49. The minimum absolute atomic E-state index is 0.0383. The van der Waals surface area contributed by atoms with Crippen molar-refractivity contribution in [2.75, 3.05) is 18.9 Å². The SMILES string of the molecule is CC[C@@H]1CC[C@H](c2ccc(F)cc2)N1C(=O)CN1C(=O)OC2(CCc3cc(NC(=O)NC)ccc32)C1=O. The molecule has 5 rings (SSSR count). The minimum Gasteiger partial charge on any atom is -0.427 e. The fraction of sp³-hybridized carbons (Fsp3) is 0.407. The molecule has 1 unspecified atom stereocenters. The number of ether oxygens (including phenoxy) is 1. The Labute approximate surface area is 213 Å². The lowest BCUT2D eigenvalue weighted by Crippen LogP contribution is -2.46. The van der Waals surface area contributed by atoms with Gasteiger partial charge >= 0.3 is 12.1 Å². The van der Waals surface area contributed by atoms with Crippen molar-refractivity contribution in [1.82, 2.24) is 15.1 Å². The first-order chi connectivity index (χ1) is 17.8. The lowest BCUT2D eigenvalue weighted by atomic mass is 9.94. The summed E-state index contributed by atoms with van der Waals surface area (Å²) in [6, 6.07) is 10.5. The Hall–Kier alpha value is -3.95. The van der Waals surface area contributed by atoms with Crippen LogP contribution in [-0.2, 0) is 26.3 Å². The molecule has 5 amide bonds. The summed E-state index contributed by atoms with van der Waals surface area (Å²) < 4.78 is 19.1. The van der Waals surface area contributed by atoms with Gasteiger partial charge in [-0.1, -0.05) is 25.1 Å². The van der Waals surface area contributed by atoms with Crippen LogP contribution in [0.3, 0.4) is 0 Å². The van der Waals surface area contributed by atoms with Crippen LogP contribution in [0.15, 0.2) is 42.5 Å². The fourth-order valence-corrected chi connectivity index (χ4v) is 5.81. The summed E-state index contributed by atoms with van der Waals surface area (Å²) in [4.78, 5) is 54.3. The Kier molecular flexibility index (Phi) is 6.35. The maximum Gasteiger partial charge on any atom is 0.418 e. The highest BCUT2D eigenvalue weighted by atomic mass is 19.1. The van der Waals surface area contributed by atoms with Gasteiger partial charge < -0.3 is 20.3 Å². The summed E-state index contributed by atoms with van der Waals surface area (Å²) in [6.45, 7) is 1.57. The van der Waals surface area contributed by atoms with E-state index in [1.165, 1.54) is 19.2 Å². The van der Waals surface area contributed by atoms with Crippen molar-refractivity contribution in [3.63, 3.8) is 0 Å². The first-order valence-corrected chi connectivity index (χ1v) is 12.5. The van der Waals surface area contributed by atoms with E-state index in [0.29, 0.717) is 17.7 Å². The van der Waals surface area contributed by atoms with Gasteiger partial charge in [0, 0.05) is 30.8 Å². The largest absolute Gasteiger partial charge is 0.427 e. The second-order valence-corrected chi connectivity index (χ2v) is 9.67. The molecule has 10 heteroatoms. The van der Waals surface area contributed by atoms with E-state index in [2.05, 4.69) is 10.6 Å². The Morgan fingerprint density at radius 3 is 2.59 bits per heavy atom. The third kappa shape index (κ3) is 4.20. The molecular formula is C27H29FN4O5. The van der Waals surface area contributed by atoms with Crippen LogP contribution in [0.2, 0.25) is 0 Å². The topological polar surface area (TPSA) is 108 Å². The highest BCUT2D eigenvalue weighted by Gasteiger charge is 2.58. The number of hydrogen-bond acceptors (Lipinski definition) is 5. The lowest BCUT2D eigenvalue weighted by Gasteiger charge is -2.31. The minimum atomic E-state index is -1.47. The zero-order valence-corrected chi connectivity index (χ0v) is 20.8. The molecule has 3 aliphatic rings. The summed E-state index contributed by atoms with van der Waals surface area (Å²) in [5.74, 6) is -1.25. The van der Waals surface area contributed by atoms with Crippen molar-refractivity contribution in [2.45, 2.75) is 56.7 Å². The van der Waals surface area contributed by atoms with Crippen molar-refractivity contribution in [2.24, 2.45) is 0 Å². The average molecular weight is 509 g/mol. The molecule has 2 heterocycles. The van der Waals surface area contributed by atoms with Crippen molar-refractivity contribution in [1.29, 1.82) is 0 Å². The third-order valence-electron chi connectivity index (χ3n) is 7.65. The number of nitrogens with zero attached hydrogens (tertiary/aromatic N) is 2. The second-order valence-electron chi connectivity index (χ2n) is 9.67. The smallest absolute Gasteiger partial charge is 0.418 e. The number of fused-ring (bicyclic) bond motifs is 2. The van der Waals surface area contributed by atoms with E-state index in [4.69, 9.17) is 4.74 Å². The molecule has 3 atom stereocenters. The molecule has 1 spiro atoms. The highest BCUT2D eigenvalue weighted by Crippen LogP contribution is 2.46. The summed E-state index contributed by atoms with van der Waals surface area (Å²) in [7, 11) is 1.51. The summed E-state index contributed by atoms with van der Waals surface area (Å²) in [6.07, 6.45) is 2.14. The van der Waals surface area contributed by atoms with Crippen LogP contribution < -0.4 is 10.6 Å². The number of hydrogen-bond donors (Lipinski definition) is 2. The number of aryl methyl sites for hydroxylation is 1. The van der Waals surface area contributed by atoms with Gasteiger partial charge in [0.2, 0.25) is 11.5 Å². The first kappa shape index (κ1) is 24.7. The zero-order chi connectivity index (χ0) is 26.3. The summed E-state index contributed by atoms with van der Waals surface area (Å²) in [5.41, 5.74) is 1.28. The molecule has 0 bridgehead atoms. The summed E-state index contributed by atoms with van der Waals surface area (Å²) >= 11 is 0. The number of halogens is 1. The third-order valence-corrected chi connectivity index (χ3v) is 7.65. The van der Waals surface area contributed by atoms with Crippen LogP contribution in [0.4, 0.5) is 19.7 Å². The number of rotatable bonds is 5. The number of anilines is 1. The van der Waals surface area contributed by atoms with Crippen molar-refractivity contribution >= 4 is 29.6 Å². The number of imide groups is 1. The quantitative estimate of drug-likeness (QED) is 0.638. The van der Waals surface area contributed by atoms with E-state index in [1.54, 1.807) is 35.2 Å². The molecule has 2 N–H and O–H groups in total. The molecule has 9 nitrogen and oxygen atoms in total. The molecule has 0 aromatic heterocycles. The molecule has 37 heavy (non-hydrogen) atoms. The fourth-order valence-electron chi connectivity index (χ4n) is 5.81. The van der Waals surface area contributed by atoms with Gasteiger partial charge in [-0.2, -0.15) is 0 Å². The number of amides is 5. The van der Waals surface area contributed by atoms with Crippen molar-refractivity contribution in [3.05, 3.63) is 65.0 Å². The van der Waals surface area contributed by atoms with E-state index in [0.717, 1.165) is 35.3 Å². The highest BCUT2D eigenvalue weighted by molar-refractivity contribution is 6.06. The zero-order valence-electron chi connectivity index (χ0n) is 20.8. The normalized spacial score (nSPS) is 24.4. The number of carbonyl (C=O) groups is 4. The van der Waals surface area contributed by atoms with Gasteiger partial charge in [0.05, 0.1) is 6.04 Å². The van der Waals surface area contributed by atoms with Gasteiger partial charge in [0.25, 0.3) is 5.91 Å². The van der Waals surface area contributed by atoms with E-state index in [-0.39, 0.29) is 36.3 Å². The molecule has 0 radical (unpaired) electrons. The van der Waals surface area contributed by atoms with Crippen LogP contribution in [0.25, 0.3) is 0 Å². The van der Waals surface area contributed by atoms with E-state index in [9.17, 15) is 23.6 Å². The predicted molar refractivity (Wildman–Crippen MR) is 132 cm³/mol. The van der Waals surface area contributed by atoms with Crippen LogP contribution in [0.5, 0.6) is 0 Å².